The third-order valence-corrected chi connectivity index (χ3v) is 9.02. The van der Waals surface area contributed by atoms with Crippen LogP contribution in [-0.4, -0.2) is 56.9 Å². The average Bonchev–Trinajstić information content (AvgIpc) is 3.40. The fourth-order valence-electron chi connectivity index (χ4n) is 6.05. The summed E-state index contributed by atoms with van der Waals surface area (Å²) in [6, 6.07) is 16.4. The number of hydrogen-bond donors (Lipinski definition) is 2. The van der Waals surface area contributed by atoms with Gasteiger partial charge in [-0.2, -0.15) is 0 Å². The third kappa shape index (κ3) is 7.13. The highest BCUT2D eigenvalue weighted by molar-refractivity contribution is 6.36. The highest BCUT2D eigenvalue weighted by Crippen LogP contribution is 2.38. The lowest BCUT2D eigenvalue weighted by atomic mass is 9.98. The molecule has 0 bridgehead atoms. The van der Waals surface area contributed by atoms with E-state index in [1.54, 1.807) is 18.3 Å². The van der Waals surface area contributed by atoms with E-state index in [2.05, 4.69) is 30.5 Å². The maximum Gasteiger partial charge on any atom is 0.291 e. The summed E-state index contributed by atoms with van der Waals surface area (Å²) >= 11 is 6.92. The van der Waals surface area contributed by atoms with Gasteiger partial charge in [-0.05, 0) is 51.1 Å². The first kappa shape index (κ1) is 33.6. The number of hydrogen-bond acceptors (Lipinski definition) is 8. The van der Waals surface area contributed by atoms with E-state index in [1.807, 2.05) is 81.9 Å². The zero-order valence-electron chi connectivity index (χ0n) is 28.3. The topological polar surface area (TPSA) is 124 Å². The Bertz CT molecular complexity index is 2060. The second-order valence-electron chi connectivity index (χ2n) is 12.2. The van der Waals surface area contributed by atoms with Crippen LogP contribution in [0.4, 0.5) is 11.4 Å². The molecule has 0 atom stereocenters. The average molecular weight is 680 g/mol. The van der Waals surface area contributed by atoms with Crippen LogP contribution in [0.5, 0.6) is 11.5 Å². The molecule has 1 aliphatic rings. The lowest BCUT2D eigenvalue weighted by molar-refractivity contribution is 0.100. The summed E-state index contributed by atoms with van der Waals surface area (Å²) in [5.41, 5.74) is 7.95. The number of aryl methyl sites for hydroxylation is 2. The van der Waals surface area contributed by atoms with E-state index in [-0.39, 0.29) is 18.2 Å². The molecule has 49 heavy (non-hydrogen) atoms. The van der Waals surface area contributed by atoms with E-state index in [4.69, 9.17) is 21.1 Å². The van der Waals surface area contributed by atoms with E-state index in [1.165, 1.54) is 7.11 Å². The zero-order chi connectivity index (χ0) is 34.8. The highest BCUT2D eigenvalue weighted by Gasteiger charge is 2.25. The summed E-state index contributed by atoms with van der Waals surface area (Å²) in [6.07, 6.45) is 2.41. The summed E-state index contributed by atoms with van der Waals surface area (Å²) in [7, 11) is 5.45. The number of nitrogens with zero attached hydrogens (tertiary/aromatic N) is 5. The van der Waals surface area contributed by atoms with Gasteiger partial charge in [-0.3, -0.25) is 19.6 Å². The summed E-state index contributed by atoms with van der Waals surface area (Å²) in [4.78, 5) is 42.3. The molecule has 0 spiro atoms. The van der Waals surface area contributed by atoms with Gasteiger partial charge < -0.3 is 29.6 Å². The molecule has 1 aliphatic heterocycles. The molecule has 252 valence electrons. The van der Waals surface area contributed by atoms with Crippen LogP contribution in [0.15, 0.2) is 60.8 Å². The quantitative estimate of drug-likeness (QED) is 0.180. The summed E-state index contributed by atoms with van der Waals surface area (Å²) in [5.74, 6) is 0.781. The Labute approximate surface area is 290 Å². The molecule has 0 saturated carbocycles. The van der Waals surface area contributed by atoms with Crippen LogP contribution >= 0.6 is 11.6 Å². The molecule has 3 aromatic heterocycles. The van der Waals surface area contributed by atoms with Crippen LogP contribution in [0.25, 0.3) is 11.1 Å². The van der Waals surface area contributed by atoms with Crippen molar-refractivity contribution in [1.29, 1.82) is 0 Å². The number of carbonyl (C=O) groups is 2. The molecular formula is C37H38ClN7O4. The van der Waals surface area contributed by atoms with Gasteiger partial charge in [0.2, 0.25) is 0 Å². The van der Waals surface area contributed by atoms with Gasteiger partial charge in [-0.15, -0.1) is 0 Å². The van der Waals surface area contributed by atoms with Crippen molar-refractivity contribution in [3.63, 3.8) is 0 Å². The summed E-state index contributed by atoms with van der Waals surface area (Å²) in [6.45, 7) is 7.55. The van der Waals surface area contributed by atoms with Crippen molar-refractivity contribution >= 4 is 34.8 Å². The maximum atomic E-state index is 13.4. The minimum atomic E-state index is -0.400. The maximum absolute atomic E-state index is 13.4. The minimum Gasteiger partial charge on any atom is -0.496 e. The van der Waals surface area contributed by atoms with E-state index >= 15 is 0 Å². The number of imidazole rings is 1. The van der Waals surface area contributed by atoms with Crippen molar-refractivity contribution in [3.8, 4) is 22.6 Å². The number of anilines is 2. The van der Waals surface area contributed by atoms with Gasteiger partial charge in [0.05, 0.1) is 23.5 Å². The number of aromatic nitrogens is 4. The fourth-order valence-corrected chi connectivity index (χ4v) is 6.33. The van der Waals surface area contributed by atoms with Crippen molar-refractivity contribution in [2.45, 2.75) is 40.3 Å². The zero-order valence-corrected chi connectivity index (χ0v) is 29.1. The Balaban J connectivity index is 1.18. The monoisotopic (exact) mass is 679 g/mol. The smallest absolute Gasteiger partial charge is 0.291 e. The number of halogens is 1. The SMILES string of the molecule is COc1cc(C(=O)Nc2cccc(-c3cccc(NC(=O)c4nc5c(n4C)CCN(C)C5)c3Cl)c2C)ncc1COc1cc(C)nc(C)c1. The first-order chi connectivity index (χ1) is 23.5. The molecule has 2 amide bonds. The second kappa shape index (κ2) is 14.1. The molecule has 5 aromatic rings. The molecule has 2 N–H and O–H groups in total. The third-order valence-electron chi connectivity index (χ3n) is 8.61. The molecule has 2 aromatic carbocycles. The van der Waals surface area contributed by atoms with Gasteiger partial charge in [0.25, 0.3) is 11.8 Å². The molecule has 0 radical (unpaired) electrons. The predicted octanol–water partition coefficient (Wildman–Crippen LogP) is 6.54. The second-order valence-corrected chi connectivity index (χ2v) is 12.6. The molecule has 6 rings (SSSR count). The number of likely N-dealkylation sites (N-methyl/N-ethyl adjacent to an activating group) is 1. The van der Waals surface area contributed by atoms with E-state index < -0.39 is 5.91 Å². The number of amides is 2. The Morgan fingerprint density at radius 3 is 2.35 bits per heavy atom. The van der Waals surface area contributed by atoms with Crippen LogP contribution in [0, 0.1) is 20.8 Å². The Hall–Kier alpha value is -5.26. The number of pyridine rings is 2. The minimum absolute atomic E-state index is 0.186. The number of ether oxygens (including phenoxy) is 2. The van der Waals surface area contributed by atoms with Gasteiger partial charge in [0.15, 0.2) is 5.82 Å². The van der Waals surface area contributed by atoms with Gasteiger partial charge in [0.1, 0.15) is 23.8 Å². The van der Waals surface area contributed by atoms with Gasteiger partial charge in [0, 0.05) is 84.9 Å². The van der Waals surface area contributed by atoms with Crippen LogP contribution in [0.2, 0.25) is 5.02 Å². The molecular weight excluding hydrogens is 642 g/mol. The Morgan fingerprint density at radius 1 is 0.918 bits per heavy atom. The molecule has 0 fully saturated rings. The first-order valence-electron chi connectivity index (χ1n) is 15.9. The summed E-state index contributed by atoms with van der Waals surface area (Å²) in [5, 5.41) is 6.31. The molecule has 0 aliphatic carbocycles. The lowest BCUT2D eigenvalue weighted by Gasteiger charge is -2.21. The number of rotatable bonds is 9. The van der Waals surface area contributed by atoms with Crippen molar-refractivity contribution in [2.75, 3.05) is 31.3 Å². The van der Waals surface area contributed by atoms with E-state index in [0.29, 0.717) is 51.4 Å². The Kier molecular flexibility index (Phi) is 9.66. The fraction of sp³-hybridized carbons (Fsp3) is 0.270. The first-order valence-corrected chi connectivity index (χ1v) is 16.3. The van der Waals surface area contributed by atoms with Crippen molar-refractivity contribution in [2.24, 2.45) is 7.05 Å². The largest absolute Gasteiger partial charge is 0.496 e. The molecule has 4 heterocycles. The predicted molar refractivity (Wildman–Crippen MR) is 190 cm³/mol. The standard InChI is InChI=1S/C37H38ClN7O4/c1-21-15-25(16-22(2)40-21)49-20-24-18-39-30(17-33(24)48-6)36(46)42-28-11-7-9-26(23(28)3)27-10-8-12-29(34(27)38)43-37(47)35-41-31-19-44(4)14-13-32(31)45(35)5/h7-12,15-18H,13-14,19-20H2,1-6H3,(H,42,46)(H,43,47). The number of nitrogens with one attached hydrogen (secondary N) is 2. The number of carbonyl (C=O) groups excluding carboxylic acids is 2. The van der Waals surface area contributed by atoms with Gasteiger partial charge in [-0.25, -0.2) is 4.98 Å². The van der Waals surface area contributed by atoms with Crippen molar-refractivity contribution < 1.29 is 19.1 Å². The Morgan fingerprint density at radius 2 is 1.61 bits per heavy atom. The van der Waals surface area contributed by atoms with Crippen molar-refractivity contribution in [1.82, 2.24) is 24.4 Å². The van der Waals surface area contributed by atoms with Crippen molar-refractivity contribution in [3.05, 3.63) is 111 Å². The highest BCUT2D eigenvalue weighted by atomic mass is 35.5. The molecule has 0 saturated heterocycles. The number of methoxy groups -OCH3 is 1. The van der Waals surface area contributed by atoms with Crippen LogP contribution in [0.1, 0.15) is 55.0 Å². The van der Waals surface area contributed by atoms with Crippen LogP contribution in [-0.2, 0) is 26.6 Å². The van der Waals surface area contributed by atoms with Gasteiger partial charge in [-0.1, -0.05) is 35.9 Å². The molecule has 12 heteroatoms. The number of fused-ring (bicyclic) bond motifs is 1. The van der Waals surface area contributed by atoms with Crippen LogP contribution in [0.3, 0.4) is 0 Å². The number of benzene rings is 2. The molecule has 11 nitrogen and oxygen atoms in total. The van der Waals surface area contributed by atoms with E-state index in [0.717, 1.165) is 46.9 Å². The molecule has 0 unspecified atom stereocenters. The summed E-state index contributed by atoms with van der Waals surface area (Å²) < 4.78 is 13.4. The van der Waals surface area contributed by atoms with E-state index in [9.17, 15) is 9.59 Å². The van der Waals surface area contributed by atoms with Gasteiger partial charge >= 0.3 is 0 Å². The normalized spacial score (nSPS) is 12.7. The van der Waals surface area contributed by atoms with Crippen LogP contribution < -0.4 is 20.1 Å². The lowest BCUT2D eigenvalue weighted by Crippen LogP contribution is -2.27.